The number of hydrogen-bond donors (Lipinski definition) is 0. The van der Waals surface area contributed by atoms with Crippen LogP contribution in [0.15, 0.2) is 41.3 Å². The fourth-order valence-electron chi connectivity index (χ4n) is 3.39. The van der Waals surface area contributed by atoms with Crippen LogP contribution in [-0.4, -0.2) is 31.8 Å². The highest BCUT2D eigenvalue weighted by atomic mass is 35.5. The Morgan fingerprint density at radius 2 is 1.68 bits per heavy atom. The Balaban J connectivity index is 1.65. The van der Waals surface area contributed by atoms with Crippen molar-refractivity contribution in [1.29, 1.82) is 0 Å². The van der Waals surface area contributed by atoms with E-state index in [4.69, 9.17) is 16.3 Å². The zero-order valence-corrected chi connectivity index (χ0v) is 17.8. The van der Waals surface area contributed by atoms with Gasteiger partial charge in [0.1, 0.15) is 5.75 Å². The van der Waals surface area contributed by atoms with E-state index < -0.39 is 10.0 Å². The lowest BCUT2D eigenvalue weighted by Gasteiger charge is -2.30. The van der Waals surface area contributed by atoms with E-state index in [-0.39, 0.29) is 29.9 Å². The van der Waals surface area contributed by atoms with Gasteiger partial charge in [-0.2, -0.15) is 4.31 Å². The van der Waals surface area contributed by atoms with E-state index in [1.807, 2.05) is 32.9 Å². The third-order valence-electron chi connectivity index (χ3n) is 5.21. The molecule has 1 heterocycles. The SMILES string of the molecule is Cc1cc(C)c(C)c(OC(=O)C2CCN(S(=O)(=O)c3ccc(Cl)cc3)CC2)c1. The number of sulfonamides is 1. The van der Waals surface area contributed by atoms with Crippen molar-refractivity contribution in [3.05, 3.63) is 58.1 Å². The van der Waals surface area contributed by atoms with Gasteiger partial charge in [0.05, 0.1) is 10.8 Å². The number of piperidine rings is 1. The average Bonchev–Trinajstić information content (AvgIpc) is 2.66. The average molecular weight is 422 g/mol. The van der Waals surface area contributed by atoms with E-state index in [9.17, 15) is 13.2 Å². The molecule has 0 aromatic heterocycles. The first kappa shape index (κ1) is 20.8. The number of hydrogen-bond acceptors (Lipinski definition) is 4. The van der Waals surface area contributed by atoms with Crippen molar-refractivity contribution in [3.8, 4) is 5.75 Å². The minimum atomic E-state index is -3.58. The molecule has 0 aliphatic carbocycles. The fraction of sp³-hybridized carbons (Fsp3) is 0.381. The summed E-state index contributed by atoms with van der Waals surface area (Å²) in [6, 6.07) is 10.0. The first-order chi connectivity index (χ1) is 13.2. The summed E-state index contributed by atoms with van der Waals surface area (Å²) < 4.78 is 32.6. The third kappa shape index (κ3) is 4.40. The van der Waals surface area contributed by atoms with Gasteiger partial charge in [-0.05, 0) is 80.6 Å². The molecule has 150 valence electrons. The molecule has 0 bridgehead atoms. The van der Waals surface area contributed by atoms with Crippen molar-refractivity contribution in [1.82, 2.24) is 4.31 Å². The number of halogens is 1. The number of ether oxygens (including phenoxy) is 1. The monoisotopic (exact) mass is 421 g/mol. The summed E-state index contributed by atoms with van der Waals surface area (Å²) in [6.45, 7) is 6.45. The number of benzene rings is 2. The molecule has 7 heteroatoms. The van der Waals surface area contributed by atoms with Crippen molar-refractivity contribution >= 4 is 27.6 Å². The maximum absolute atomic E-state index is 12.8. The Morgan fingerprint density at radius 1 is 1.07 bits per heavy atom. The van der Waals surface area contributed by atoms with Crippen LogP contribution in [0.3, 0.4) is 0 Å². The van der Waals surface area contributed by atoms with Gasteiger partial charge in [0.15, 0.2) is 0 Å². The van der Waals surface area contributed by atoms with Gasteiger partial charge >= 0.3 is 5.97 Å². The first-order valence-corrected chi connectivity index (χ1v) is 11.1. The fourth-order valence-corrected chi connectivity index (χ4v) is 4.98. The summed E-state index contributed by atoms with van der Waals surface area (Å²) in [5.74, 6) is -0.0211. The Labute approximate surface area is 171 Å². The highest BCUT2D eigenvalue weighted by Crippen LogP contribution is 2.28. The molecule has 0 N–H and O–H groups in total. The lowest BCUT2D eigenvalue weighted by molar-refractivity contribution is -0.140. The highest BCUT2D eigenvalue weighted by Gasteiger charge is 2.33. The van der Waals surface area contributed by atoms with Gasteiger partial charge in [0, 0.05) is 18.1 Å². The summed E-state index contributed by atoms with van der Waals surface area (Å²) in [5.41, 5.74) is 3.06. The molecule has 28 heavy (non-hydrogen) atoms. The van der Waals surface area contributed by atoms with Gasteiger partial charge in [0.25, 0.3) is 0 Å². The molecule has 0 spiro atoms. The van der Waals surface area contributed by atoms with E-state index in [1.165, 1.54) is 16.4 Å². The second-order valence-corrected chi connectivity index (χ2v) is 9.63. The molecular weight excluding hydrogens is 398 g/mol. The largest absolute Gasteiger partial charge is 0.426 e. The second kappa shape index (κ2) is 8.23. The zero-order chi connectivity index (χ0) is 20.5. The summed E-state index contributed by atoms with van der Waals surface area (Å²) in [6.07, 6.45) is 0.880. The van der Waals surface area contributed by atoms with Crippen molar-refractivity contribution < 1.29 is 17.9 Å². The lowest BCUT2D eigenvalue weighted by atomic mass is 9.98. The minimum Gasteiger partial charge on any atom is -0.426 e. The van der Waals surface area contributed by atoms with Crippen molar-refractivity contribution in [3.63, 3.8) is 0 Å². The molecule has 0 unspecified atom stereocenters. The van der Waals surface area contributed by atoms with E-state index in [0.29, 0.717) is 23.6 Å². The molecule has 0 amide bonds. The Hall–Kier alpha value is -1.89. The zero-order valence-electron chi connectivity index (χ0n) is 16.2. The summed E-state index contributed by atoms with van der Waals surface area (Å²) >= 11 is 5.84. The number of carbonyl (C=O) groups is 1. The molecule has 1 aliphatic rings. The highest BCUT2D eigenvalue weighted by molar-refractivity contribution is 7.89. The van der Waals surface area contributed by atoms with Gasteiger partial charge in [-0.15, -0.1) is 0 Å². The van der Waals surface area contributed by atoms with Crippen molar-refractivity contribution in [2.75, 3.05) is 13.1 Å². The van der Waals surface area contributed by atoms with Crippen LogP contribution in [-0.2, 0) is 14.8 Å². The Morgan fingerprint density at radius 3 is 2.29 bits per heavy atom. The van der Waals surface area contributed by atoms with Crippen LogP contribution in [0.2, 0.25) is 5.02 Å². The van der Waals surface area contributed by atoms with Gasteiger partial charge in [-0.25, -0.2) is 8.42 Å². The van der Waals surface area contributed by atoms with Crippen LogP contribution in [0.5, 0.6) is 5.75 Å². The predicted octanol–water partition coefficient (Wildman–Crippen LogP) is 4.27. The van der Waals surface area contributed by atoms with Crippen molar-refractivity contribution in [2.24, 2.45) is 5.92 Å². The molecule has 1 saturated heterocycles. The minimum absolute atomic E-state index is 0.212. The molecule has 1 fully saturated rings. The molecule has 3 rings (SSSR count). The van der Waals surface area contributed by atoms with Gasteiger partial charge in [0.2, 0.25) is 10.0 Å². The third-order valence-corrected chi connectivity index (χ3v) is 7.38. The van der Waals surface area contributed by atoms with Crippen molar-refractivity contribution in [2.45, 2.75) is 38.5 Å². The summed E-state index contributed by atoms with van der Waals surface area (Å²) in [5, 5.41) is 0.488. The van der Waals surface area contributed by atoms with Gasteiger partial charge < -0.3 is 4.74 Å². The van der Waals surface area contributed by atoms with E-state index >= 15 is 0 Å². The second-order valence-electron chi connectivity index (χ2n) is 7.26. The molecule has 0 saturated carbocycles. The number of rotatable bonds is 4. The predicted molar refractivity (Wildman–Crippen MR) is 109 cm³/mol. The smallest absolute Gasteiger partial charge is 0.314 e. The molecule has 0 atom stereocenters. The summed E-state index contributed by atoms with van der Waals surface area (Å²) in [7, 11) is -3.58. The molecule has 2 aromatic rings. The van der Waals surface area contributed by atoms with Crippen LogP contribution >= 0.6 is 11.6 Å². The lowest BCUT2D eigenvalue weighted by Crippen LogP contribution is -2.41. The van der Waals surface area contributed by atoms with Gasteiger partial charge in [-0.1, -0.05) is 17.7 Å². The standard InChI is InChI=1S/C21H24ClNO4S/c1-14-12-15(2)16(3)20(13-14)27-21(24)17-8-10-23(11-9-17)28(25,26)19-6-4-18(22)5-7-19/h4-7,12-13,17H,8-11H2,1-3H3. The Kier molecular flexibility index (Phi) is 6.12. The quantitative estimate of drug-likeness (QED) is 0.546. The number of carbonyl (C=O) groups excluding carboxylic acids is 1. The molecule has 0 radical (unpaired) electrons. The van der Waals surface area contributed by atoms with E-state index in [1.54, 1.807) is 12.1 Å². The molecule has 5 nitrogen and oxygen atoms in total. The topological polar surface area (TPSA) is 63.7 Å². The number of aryl methyl sites for hydroxylation is 2. The molecular formula is C21H24ClNO4S. The first-order valence-electron chi connectivity index (χ1n) is 9.24. The molecule has 1 aliphatic heterocycles. The van der Waals surface area contributed by atoms with Crippen LogP contribution in [0.25, 0.3) is 0 Å². The van der Waals surface area contributed by atoms with Crippen LogP contribution < -0.4 is 4.74 Å². The van der Waals surface area contributed by atoms with Crippen LogP contribution in [0.1, 0.15) is 29.5 Å². The number of esters is 1. The van der Waals surface area contributed by atoms with E-state index in [0.717, 1.165) is 16.7 Å². The normalized spacial score (nSPS) is 16.1. The Bertz CT molecular complexity index is 978. The molecule has 2 aromatic carbocycles. The number of nitrogens with zero attached hydrogens (tertiary/aromatic N) is 1. The summed E-state index contributed by atoms with van der Waals surface area (Å²) in [4.78, 5) is 12.8. The van der Waals surface area contributed by atoms with Crippen LogP contribution in [0, 0.1) is 26.7 Å². The van der Waals surface area contributed by atoms with Gasteiger partial charge in [-0.3, -0.25) is 4.79 Å². The maximum Gasteiger partial charge on any atom is 0.314 e. The van der Waals surface area contributed by atoms with Crippen LogP contribution in [0.4, 0.5) is 0 Å². The van der Waals surface area contributed by atoms with E-state index in [2.05, 4.69) is 0 Å². The maximum atomic E-state index is 12.8.